The third kappa shape index (κ3) is 3.73. The van der Waals surface area contributed by atoms with Gasteiger partial charge in [-0.25, -0.2) is 9.78 Å². The Morgan fingerprint density at radius 2 is 2.10 bits per heavy atom. The van der Waals surface area contributed by atoms with Crippen LogP contribution in [-0.2, 0) is 10.9 Å². The number of likely N-dealkylation sites (tertiary alicyclic amines) is 1. The summed E-state index contributed by atoms with van der Waals surface area (Å²) in [6.45, 7) is 4.11. The van der Waals surface area contributed by atoms with E-state index in [-0.39, 0.29) is 35.3 Å². The molecular formula is C21H24F3N5O2. The Labute approximate surface area is 178 Å². The Balaban J connectivity index is 1.63. The number of carbonyl (C=O) groups is 1. The number of carbonyl (C=O) groups excluding carboxylic acids is 1. The normalized spacial score (nSPS) is 26.2. The number of ether oxygens (including phenoxy) is 1. The van der Waals surface area contributed by atoms with Crippen LogP contribution in [0, 0.1) is 5.92 Å². The number of nitrogens with zero attached hydrogens (tertiary/aromatic N) is 4. The van der Waals surface area contributed by atoms with Crippen molar-refractivity contribution in [2.24, 2.45) is 5.92 Å². The molecule has 0 spiro atoms. The minimum atomic E-state index is -4.60. The zero-order valence-electron chi connectivity index (χ0n) is 17.5. The van der Waals surface area contributed by atoms with Crippen molar-refractivity contribution in [1.82, 2.24) is 20.1 Å². The van der Waals surface area contributed by atoms with Gasteiger partial charge < -0.3 is 15.0 Å². The summed E-state index contributed by atoms with van der Waals surface area (Å²) in [6, 6.07) is 3.16. The smallest absolute Gasteiger partial charge is 0.379 e. The highest BCUT2D eigenvalue weighted by atomic mass is 19.4. The molecule has 0 radical (unpaired) electrons. The van der Waals surface area contributed by atoms with E-state index in [9.17, 15) is 18.0 Å². The van der Waals surface area contributed by atoms with E-state index in [1.54, 1.807) is 12.0 Å². The van der Waals surface area contributed by atoms with E-state index in [1.165, 1.54) is 24.5 Å². The summed E-state index contributed by atoms with van der Waals surface area (Å²) in [5, 5.41) is 10.1. The summed E-state index contributed by atoms with van der Waals surface area (Å²) >= 11 is 0. The first-order chi connectivity index (χ1) is 14.7. The largest absolute Gasteiger partial charge is 0.417 e. The van der Waals surface area contributed by atoms with Crippen molar-refractivity contribution in [3.05, 3.63) is 36.2 Å². The second kappa shape index (κ2) is 7.74. The van der Waals surface area contributed by atoms with Crippen LogP contribution in [0.3, 0.4) is 0 Å². The number of alkyl halides is 3. The van der Waals surface area contributed by atoms with Gasteiger partial charge in [0.25, 0.3) is 0 Å². The Morgan fingerprint density at radius 1 is 1.32 bits per heavy atom. The quantitative estimate of drug-likeness (QED) is 0.772. The molecule has 7 nitrogen and oxygen atoms in total. The van der Waals surface area contributed by atoms with Crippen LogP contribution in [-0.4, -0.2) is 50.9 Å². The predicted molar refractivity (Wildman–Crippen MR) is 107 cm³/mol. The molecule has 2 fully saturated rings. The summed E-state index contributed by atoms with van der Waals surface area (Å²) < 4.78 is 46.1. The Hall–Kier alpha value is -2.75. The van der Waals surface area contributed by atoms with Crippen LogP contribution in [0.5, 0.6) is 0 Å². The van der Waals surface area contributed by atoms with Crippen molar-refractivity contribution in [2.75, 3.05) is 12.4 Å². The molecule has 1 aromatic carbocycles. The molecule has 2 amide bonds. The summed E-state index contributed by atoms with van der Waals surface area (Å²) in [4.78, 5) is 18.9. The summed E-state index contributed by atoms with van der Waals surface area (Å²) in [6.07, 6.45) is 0.390. The average molecular weight is 435 g/mol. The molecule has 2 aliphatic rings. The van der Waals surface area contributed by atoms with Crippen LogP contribution >= 0.6 is 0 Å². The third-order valence-electron chi connectivity index (χ3n) is 6.44. The lowest BCUT2D eigenvalue weighted by Crippen LogP contribution is -2.76. The van der Waals surface area contributed by atoms with Gasteiger partial charge in [0.15, 0.2) is 5.82 Å². The molecule has 1 saturated carbocycles. The lowest BCUT2D eigenvalue weighted by molar-refractivity contribution is -0.155. The maximum atomic E-state index is 13.5. The number of methoxy groups -OCH3 is 1. The lowest BCUT2D eigenvalue weighted by atomic mass is 9.62. The number of hydrogen-bond acceptors (Lipinski definition) is 5. The SMILES string of the molecule is COC(C)C12CC(C)CC(C1)N2C(=O)Nc1ccc(C(F)(F)F)c(-c2nccnn2)c1. The summed E-state index contributed by atoms with van der Waals surface area (Å²) in [5.74, 6) is 0.311. The molecule has 4 rings (SSSR count). The molecule has 4 atom stereocenters. The van der Waals surface area contributed by atoms with Gasteiger partial charge >= 0.3 is 12.2 Å². The average Bonchev–Trinajstić information content (AvgIpc) is 2.72. The van der Waals surface area contributed by atoms with Gasteiger partial charge in [-0.1, -0.05) is 6.92 Å². The number of halogens is 3. The second-order valence-electron chi connectivity index (χ2n) is 8.41. The topological polar surface area (TPSA) is 80.2 Å². The van der Waals surface area contributed by atoms with E-state index in [2.05, 4.69) is 27.4 Å². The molecular weight excluding hydrogens is 411 g/mol. The summed E-state index contributed by atoms with van der Waals surface area (Å²) in [7, 11) is 1.62. The zero-order valence-corrected chi connectivity index (χ0v) is 17.5. The number of anilines is 1. The van der Waals surface area contributed by atoms with Gasteiger partial charge in [0.05, 0.1) is 23.4 Å². The predicted octanol–water partition coefficient (Wildman–Crippen LogP) is 4.37. The van der Waals surface area contributed by atoms with Gasteiger partial charge in [0.1, 0.15) is 0 Å². The van der Waals surface area contributed by atoms with Gasteiger partial charge in [-0.05, 0) is 50.3 Å². The number of fused-ring (bicyclic) bond motifs is 2. The minimum Gasteiger partial charge on any atom is -0.379 e. The van der Waals surface area contributed by atoms with Gasteiger partial charge in [0, 0.05) is 30.6 Å². The molecule has 2 heterocycles. The van der Waals surface area contributed by atoms with E-state index >= 15 is 0 Å². The van der Waals surface area contributed by atoms with E-state index in [4.69, 9.17) is 4.74 Å². The number of rotatable bonds is 4. The zero-order chi connectivity index (χ0) is 22.4. The van der Waals surface area contributed by atoms with Crippen LogP contribution < -0.4 is 5.32 Å². The van der Waals surface area contributed by atoms with E-state index in [0.717, 1.165) is 25.3 Å². The first kappa shape index (κ1) is 21.5. The molecule has 1 aliphatic heterocycles. The van der Waals surface area contributed by atoms with Crippen molar-refractivity contribution < 1.29 is 22.7 Å². The lowest BCUT2D eigenvalue weighted by Gasteiger charge is -2.65. The second-order valence-corrected chi connectivity index (χ2v) is 8.41. The molecule has 1 aromatic heterocycles. The monoisotopic (exact) mass is 435 g/mol. The fourth-order valence-electron chi connectivity index (χ4n) is 5.09. The Morgan fingerprint density at radius 3 is 2.74 bits per heavy atom. The van der Waals surface area contributed by atoms with Crippen LogP contribution in [0.1, 0.15) is 38.7 Å². The Kier molecular flexibility index (Phi) is 5.36. The molecule has 166 valence electrons. The molecule has 1 aliphatic carbocycles. The Bertz CT molecular complexity index is 971. The van der Waals surface area contributed by atoms with Crippen molar-refractivity contribution in [1.29, 1.82) is 0 Å². The van der Waals surface area contributed by atoms with Gasteiger partial charge in [0.2, 0.25) is 0 Å². The maximum Gasteiger partial charge on any atom is 0.417 e. The molecule has 2 bridgehead atoms. The molecule has 2 aromatic rings. The van der Waals surface area contributed by atoms with Crippen LogP contribution in [0.2, 0.25) is 0 Å². The standard InChI is InChI=1S/C21H24F3N5O2/c1-12-8-15-11-20(10-12,13(2)31-3)29(15)19(30)27-14-4-5-17(21(22,23)24)16(9-14)18-25-6-7-26-28-18/h4-7,9,12-13,15H,8,10-11H2,1-3H3,(H,27,30). The first-order valence-corrected chi connectivity index (χ1v) is 10.1. The van der Waals surface area contributed by atoms with E-state index in [0.29, 0.717) is 5.92 Å². The first-order valence-electron chi connectivity index (χ1n) is 10.1. The highest BCUT2D eigenvalue weighted by molar-refractivity contribution is 5.92. The highest BCUT2D eigenvalue weighted by Gasteiger charge is 2.61. The highest BCUT2D eigenvalue weighted by Crippen LogP contribution is 2.52. The third-order valence-corrected chi connectivity index (χ3v) is 6.44. The maximum absolute atomic E-state index is 13.5. The van der Waals surface area contributed by atoms with E-state index in [1.807, 2.05) is 6.92 Å². The van der Waals surface area contributed by atoms with Gasteiger partial charge in [-0.15, -0.1) is 5.10 Å². The molecule has 31 heavy (non-hydrogen) atoms. The molecule has 4 unspecified atom stereocenters. The number of nitrogens with one attached hydrogen (secondary N) is 1. The number of piperidine rings is 1. The number of hydrogen-bond donors (Lipinski definition) is 1. The minimum absolute atomic E-state index is 0.0944. The van der Waals surface area contributed by atoms with Gasteiger partial charge in [-0.2, -0.15) is 18.3 Å². The number of benzene rings is 1. The molecule has 1 N–H and O–H groups in total. The van der Waals surface area contributed by atoms with Crippen molar-refractivity contribution in [2.45, 2.75) is 57.0 Å². The van der Waals surface area contributed by atoms with Crippen LogP contribution in [0.15, 0.2) is 30.6 Å². The van der Waals surface area contributed by atoms with Gasteiger partial charge in [-0.3, -0.25) is 0 Å². The van der Waals surface area contributed by atoms with Crippen molar-refractivity contribution >= 4 is 11.7 Å². The molecule has 10 heteroatoms. The van der Waals surface area contributed by atoms with Crippen LogP contribution in [0.4, 0.5) is 23.7 Å². The van der Waals surface area contributed by atoms with Crippen molar-refractivity contribution in [3.63, 3.8) is 0 Å². The number of amides is 2. The summed E-state index contributed by atoms with van der Waals surface area (Å²) in [5.41, 5.74) is -1.30. The fourth-order valence-corrected chi connectivity index (χ4v) is 5.09. The number of aromatic nitrogens is 3. The fraction of sp³-hybridized carbons (Fsp3) is 0.524. The molecule has 1 saturated heterocycles. The van der Waals surface area contributed by atoms with Crippen LogP contribution in [0.25, 0.3) is 11.4 Å². The number of urea groups is 1. The van der Waals surface area contributed by atoms with Crippen molar-refractivity contribution in [3.8, 4) is 11.4 Å². The van der Waals surface area contributed by atoms with E-state index < -0.39 is 17.3 Å².